The lowest BCUT2D eigenvalue weighted by molar-refractivity contribution is 0.0939. The number of nitrogens with zero attached hydrogens (tertiary/aromatic N) is 2. The number of amides is 1. The minimum Gasteiger partial charge on any atom is -0.497 e. The number of carbonyl (C=O) groups excluding carboxylic acids is 1. The third-order valence-electron chi connectivity index (χ3n) is 4.93. The molecule has 1 aliphatic heterocycles. The van der Waals surface area contributed by atoms with E-state index in [2.05, 4.69) is 36.3 Å². The zero-order chi connectivity index (χ0) is 19.5. The number of halogens is 1. The quantitative estimate of drug-likeness (QED) is 0.631. The molecule has 0 saturated carbocycles. The molecule has 6 nitrogen and oxygen atoms in total. The maximum absolute atomic E-state index is 12.5. The Morgan fingerprint density at radius 1 is 1.25 bits per heavy atom. The van der Waals surface area contributed by atoms with Crippen molar-refractivity contribution in [1.29, 1.82) is 0 Å². The van der Waals surface area contributed by atoms with Gasteiger partial charge in [-0.3, -0.25) is 9.89 Å². The first kappa shape index (κ1) is 18.6. The van der Waals surface area contributed by atoms with Gasteiger partial charge in [0.15, 0.2) is 5.82 Å². The van der Waals surface area contributed by atoms with Gasteiger partial charge in [-0.2, -0.15) is 5.10 Å². The summed E-state index contributed by atoms with van der Waals surface area (Å²) in [5, 5.41) is 10.7. The zero-order valence-corrected chi connectivity index (χ0v) is 17.1. The summed E-state index contributed by atoms with van der Waals surface area (Å²) in [7, 11) is 1.66. The van der Waals surface area contributed by atoms with E-state index in [1.54, 1.807) is 7.11 Å². The van der Waals surface area contributed by atoms with Crippen LogP contribution < -0.4 is 15.0 Å². The van der Waals surface area contributed by atoms with Gasteiger partial charge in [0.2, 0.25) is 0 Å². The molecule has 0 spiro atoms. The van der Waals surface area contributed by atoms with Gasteiger partial charge >= 0.3 is 0 Å². The first-order valence-corrected chi connectivity index (χ1v) is 9.93. The van der Waals surface area contributed by atoms with Crippen molar-refractivity contribution >= 4 is 27.7 Å². The summed E-state index contributed by atoms with van der Waals surface area (Å²) in [4.78, 5) is 14.7. The fourth-order valence-electron chi connectivity index (χ4n) is 3.39. The zero-order valence-electron chi connectivity index (χ0n) is 15.5. The number of anilines is 1. The van der Waals surface area contributed by atoms with Crippen LogP contribution in [-0.2, 0) is 0 Å². The molecular formula is C21H21BrN4O2. The molecule has 0 bridgehead atoms. The second-order valence-corrected chi connectivity index (χ2v) is 7.61. The van der Waals surface area contributed by atoms with Crippen molar-refractivity contribution in [2.75, 3.05) is 25.1 Å². The van der Waals surface area contributed by atoms with Crippen LogP contribution in [0.4, 0.5) is 5.82 Å². The molecule has 144 valence electrons. The Bertz CT molecular complexity index is 971. The maximum atomic E-state index is 12.5. The largest absolute Gasteiger partial charge is 0.497 e. The molecule has 0 radical (unpaired) electrons. The van der Waals surface area contributed by atoms with E-state index in [1.807, 2.05) is 54.6 Å². The van der Waals surface area contributed by atoms with Gasteiger partial charge in [-0.15, -0.1) is 0 Å². The Labute approximate surface area is 172 Å². The number of ether oxygens (including phenoxy) is 1. The molecule has 1 saturated heterocycles. The molecular weight excluding hydrogens is 420 g/mol. The van der Waals surface area contributed by atoms with Crippen molar-refractivity contribution in [1.82, 2.24) is 15.5 Å². The van der Waals surface area contributed by atoms with E-state index in [9.17, 15) is 4.79 Å². The van der Waals surface area contributed by atoms with E-state index in [4.69, 9.17) is 4.74 Å². The Morgan fingerprint density at radius 2 is 2.04 bits per heavy atom. The van der Waals surface area contributed by atoms with Crippen molar-refractivity contribution in [2.24, 2.45) is 0 Å². The number of hydrogen-bond donors (Lipinski definition) is 2. The topological polar surface area (TPSA) is 70.2 Å². The van der Waals surface area contributed by atoms with Gasteiger partial charge in [0.05, 0.1) is 18.4 Å². The maximum Gasteiger partial charge on any atom is 0.252 e. The van der Waals surface area contributed by atoms with E-state index in [-0.39, 0.29) is 11.9 Å². The van der Waals surface area contributed by atoms with Crippen molar-refractivity contribution in [3.05, 3.63) is 64.6 Å². The van der Waals surface area contributed by atoms with E-state index in [0.29, 0.717) is 5.56 Å². The second-order valence-electron chi connectivity index (χ2n) is 6.75. The van der Waals surface area contributed by atoms with Crippen molar-refractivity contribution in [3.63, 3.8) is 0 Å². The number of aromatic amines is 1. The summed E-state index contributed by atoms with van der Waals surface area (Å²) in [6.45, 7) is 1.59. The van der Waals surface area contributed by atoms with Crippen LogP contribution in [0.5, 0.6) is 5.75 Å². The van der Waals surface area contributed by atoms with Crippen LogP contribution in [0, 0.1) is 0 Å². The van der Waals surface area contributed by atoms with Crippen molar-refractivity contribution in [3.8, 4) is 17.0 Å². The van der Waals surface area contributed by atoms with Gasteiger partial charge in [-0.05, 0) is 64.3 Å². The van der Waals surface area contributed by atoms with E-state index < -0.39 is 0 Å². The molecule has 2 aromatic carbocycles. The Kier molecular flexibility index (Phi) is 5.34. The lowest BCUT2D eigenvalue weighted by Gasteiger charge is -2.16. The molecule has 2 N–H and O–H groups in total. The molecule has 1 fully saturated rings. The number of aromatic nitrogens is 2. The average molecular weight is 441 g/mol. The predicted molar refractivity (Wildman–Crippen MR) is 113 cm³/mol. The fraction of sp³-hybridized carbons (Fsp3) is 0.238. The number of rotatable bonds is 5. The highest BCUT2D eigenvalue weighted by Gasteiger charge is 2.26. The number of hydrogen-bond acceptors (Lipinski definition) is 4. The summed E-state index contributed by atoms with van der Waals surface area (Å²) in [6, 6.07) is 17.5. The Hall–Kier alpha value is -2.80. The molecule has 1 amide bonds. The van der Waals surface area contributed by atoms with Crippen LogP contribution in [0.2, 0.25) is 0 Å². The molecule has 0 unspecified atom stereocenters. The van der Waals surface area contributed by atoms with Crippen LogP contribution in [0.15, 0.2) is 59.1 Å². The summed E-state index contributed by atoms with van der Waals surface area (Å²) >= 11 is 3.44. The van der Waals surface area contributed by atoms with Crippen LogP contribution in [0.1, 0.15) is 16.8 Å². The molecule has 2 heterocycles. The first-order valence-electron chi connectivity index (χ1n) is 9.14. The molecule has 0 aliphatic carbocycles. The number of benzene rings is 2. The summed E-state index contributed by atoms with van der Waals surface area (Å²) in [5.74, 6) is 1.66. The van der Waals surface area contributed by atoms with Crippen molar-refractivity contribution in [2.45, 2.75) is 12.5 Å². The van der Waals surface area contributed by atoms with Crippen LogP contribution in [0.25, 0.3) is 11.3 Å². The van der Waals surface area contributed by atoms with Gasteiger partial charge in [-0.25, -0.2) is 0 Å². The van der Waals surface area contributed by atoms with Gasteiger partial charge < -0.3 is 15.0 Å². The molecule has 4 rings (SSSR count). The predicted octanol–water partition coefficient (Wildman–Crippen LogP) is 3.86. The number of carbonyl (C=O) groups is 1. The average Bonchev–Trinajstić information content (AvgIpc) is 3.38. The number of methoxy groups -OCH3 is 1. The molecule has 1 aromatic heterocycles. The van der Waals surface area contributed by atoms with Crippen LogP contribution in [-0.4, -0.2) is 42.3 Å². The Balaban J connectivity index is 1.40. The lowest BCUT2D eigenvalue weighted by Crippen LogP contribution is -2.37. The third kappa shape index (κ3) is 3.89. The highest BCUT2D eigenvalue weighted by Crippen LogP contribution is 2.26. The van der Waals surface area contributed by atoms with E-state index in [0.717, 1.165) is 46.8 Å². The fourth-order valence-corrected chi connectivity index (χ4v) is 3.85. The van der Waals surface area contributed by atoms with Crippen molar-refractivity contribution < 1.29 is 9.53 Å². The third-order valence-corrected chi connectivity index (χ3v) is 5.62. The smallest absolute Gasteiger partial charge is 0.252 e. The number of H-pyrrole nitrogens is 1. The molecule has 28 heavy (non-hydrogen) atoms. The SMILES string of the molecule is COc1ccc(-c2cc(N3CC[C@H](NC(=O)c4ccccc4Br)C3)n[nH]2)cc1. The summed E-state index contributed by atoms with van der Waals surface area (Å²) in [6.07, 6.45) is 0.890. The molecule has 7 heteroatoms. The van der Waals surface area contributed by atoms with Gasteiger partial charge in [0, 0.05) is 29.7 Å². The highest BCUT2D eigenvalue weighted by atomic mass is 79.9. The second kappa shape index (κ2) is 8.06. The molecule has 3 aromatic rings. The molecule has 1 atom stereocenters. The first-order chi connectivity index (χ1) is 13.6. The van der Waals surface area contributed by atoms with Gasteiger partial charge in [0.25, 0.3) is 5.91 Å². The minimum atomic E-state index is -0.0553. The van der Waals surface area contributed by atoms with Crippen LogP contribution in [0.3, 0.4) is 0 Å². The molecule has 1 aliphatic rings. The summed E-state index contributed by atoms with van der Waals surface area (Å²) < 4.78 is 6.01. The highest BCUT2D eigenvalue weighted by molar-refractivity contribution is 9.10. The summed E-state index contributed by atoms with van der Waals surface area (Å²) in [5.41, 5.74) is 2.67. The van der Waals surface area contributed by atoms with Gasteiger partial charge in [-0.1, -0.05) is 12.1 Å². The standard InChI is InChI=1S/C21H21BrN4O2/c1-28-16-8-6-14(7-9-16)19-12-20(25-24-19)26-11-10-15(13-26)23-21(27)17-4-2-3-5-18(17)22/h2-9,12,15H,10-11,13H2,1H3,(H,23,27)(H,24,25)/t15-/m0/s1. The van der Waals surface area contributed by atoms with E-state index >= 15 is 0 Å². The van der Waals surface area contributed by atoms with Gasteiger partial charge in [0.1, 0.15) is 5.75 Å². The van der Waals surface area contributed by atoms with E-state index in [1.165, 1.54) is 0 Å². The normalized spacial score (nSPS) is 16.2. The number of nitrogens with one attached hydrogen (secondary N) is 2. The minimum absolute atomic E-state index is 0.0553. The van der Waals surface area contributed by atoms with Crippen LogP contribution >= 0.6 is 15.9 Å². The monoisotopic (exact) mass is 440 g/mol. The Morgan fingerprint density at radius 3 is 2.79 bits per heavy atom. The lowest BCUT2D eigenvalue weighted by atomic mass is 10.1.